The van der Waals surface area contributed by atoms with Gasteiger partial charge >= 0.3 is 0 Å². The van der Waals surface area contributed by atoms with Gasteiger partial charge in [0.25, 0.3) is 10.0 Å². The van der Waals surface area contributed by atoms with Crippen LogP contribution < -0.4 is 10.0 Å². The van der Waals surface area contributed by atoms with Gasteiger partial charge in [-0.05, 0) is 49.7 Å². The lowest BCUT2D eigenvalue weighted by molar-refractivity contribution is 0.600. The van der Waals surface area contributed by atoms with Crippen molar-refractivity contribution in [3.63, 3.8) is 0 Å². The maximum Gasteiger partial charge on any atom is 0.271 e. The molecule has 0 saturated carbocycles. The molecule has 1 fully saturated rings. The molecule has 1 aromatic carbocycles. The van der Waals surface area contributed by atoms with Gasteiger partial charge in [0.15, 0.2) is 9.84 Å². The molecule has 2 aromatic rings. The van der Waals surface area contributed by atoms with Crippen LogP contribution in [0.5, 0.6) is 0 Å². The topological polar surface area (TPSA) is 92.3 Å². The number of hydrogen-bond donors (Lipinski definition) is 2. The summed E-state index contributed by atoms with van der Waals surface area (Å²) in [6.07, 6.45) is 0.592. The van der Waals surface area contributed by atoms with E-state index in [-0.39, 0.29) is 21.8 Å². The first kappa shape index (κ1) is 17.2. The van der Waals surface area contributed by atoms with Gasteiger partial charge < -0.3 is 5.32 Å². The Labute approximate surface area is 145 Å². The Hall–Kier alpha value is -1.58. The second kappa shape index (κ2) is 6.38. The molecule has 24 heavy (non-hydrogen) atoms. The van der Waals surface area contributed by atoms with E-state index in [0.717, 1.165) is 10.6 Å². The zero-order valence-corrected chi connectivity index (χ0v) is 15.5. The van der Waals surface area contributed by atoms with Gasteiger partial charge in [-0.1, -0.05) is 0 Å². The van der Waals surface area contributed by atoms with Crippen LogP contribution in [0.4, 0.5) is 11.4 Å². The summed E-state index contributed by atoms with van der Waals surface area (Å²) < 4.78 is 50.3. The van der Waals surface area contributed by atoms with Crippen LogP contribution in [0.15, 0.2) is 40.6 Å². The maximum atomic E-state index is 12.3. The Balaban J connectivity index is 1.66. The smallest absolute Gasteiger partial charge is 0.271 e. The van der Waals surface area contributed by atoms with Gasteiger partial charge in [0, 0.05) is 22.3 Å². The van der Waals surface area contributed by atoms with Gasteiger partial charge in [0.2, 0.25) is 0 Å². The SMILES string of the molecule is Cc1ccc(S(=O)(=O)Nc2ccc(NC3CCS(=O)(=O)C3)cc2)s1. The Morgan fingerprint density at radius 1 is 1.08 bits per heavy atom. The molecule has 2 heterocycles. The summed E-state index contributed by atoms with van der Waals surface area (Å²) in [5.41, 5.74) is 1.23. The quantitative estimate of drug-likeness (QED) is 0.823. The van der Waals surface area contributed by atoms with Crippen molar-refractivity contribution in [3.8, 4) is 0 Å². The predicted octanol–water partition coefficient (Wildman–Crippen LogP) is 2.46. The lowest BCUT2D eigenvalue weighted by atomic mass is 10.2. The molecule has 6 nitrogen and oxygen atoms in total. The van der Waals surface area contributed by atoms with Crippen molar-refractivity contribution in [1.29, 1.82) is 0 Å². The van der Waals surface area contributed by atoms with E-state index < -0.39 is 19.9 Å². The minimum Gasteiger partial charge on any atom is -0.381 e. The Morgan fingerprint density at radius 2 is 1.75 bits per heavy atom. The van der Waals surface area contributed by atoms with Crippen molar-refractivity contribution in [2.24, 2.45) is 0 Å². The number of sulfonamides is 1. The number of benzene rings is 1. The third-order valence-electron chi connectivity index (χ3n) is 3.72. The van der Waals surface area contributed by atoms with E-state index in [9.17, 15) is 16.8 Å². The van der Waals surface area contributed by atoms with Crippen LogP contribution in [-0.4, -0.2) is 34.4 Å². The van der Waals surface area contributed by atoms with Gasteiger partial charge in [0.1, 0.15) is 4.21 Å². The monoisotopic (exact) mass is 386 g/mol. The van der Waals surface area contributed by atoms with E-state index in [1.165, 1.54) is 11.3 Å². The first-order valence-corrected chi connectivity index (χ1v) is 11.5. The van der Waals surface area contributed by atoms with Gasteiger partial charge in [-0.2, -0.15) is 0 Å². The van der Waals surface area contributed by atoms with E-state index in [1.807, 2.05) is 6.92 Å². The molecule has 130 valence electrons. The zero-order chi connectivity index (χ0) is 17.4. The van der Waals surface area contributed by atoms with E-state index in [2.05, 4.69) is 10.0 Å². The molecule has 0 aliphatic carbocycles. The largest absolute Gasteiger partial charge is 0.381 e. The first-order chi connectivity index (χ1) is 11.2. The second-order valence-corrected chi connectivity index (χ2v) is 11.2. The average molecular weight is 387 g/mol. The van der Waals surface area contributed by atoms with E-state index >= 15 is 0 Å². The summed E-state index contributed by atoms with van der Waals surface area (Å²) in [5, 5.41) is 3.17. The third kappa shape index (κ3) is 4.08. The fourth-order valence-electron chi connectivity index (χ4n) is 2.54. The predicted molar refractivity (Wildman–Crippen MR) is 97.0 cm³/mol. The highest BCUT2D eigenvalue weighted by atomic mass is 32.2. The molecule has 1 unspecified atom stereocenters. The minimum atomic E-state index is -3.57. The molecular formula is C15H18N2O4S3. The Morgan fingerprint density at radius 3 is 2.29 bits per heavy atom. The molecule has 9 heteroatoms. The molecule has 1 aliphatic heterocycles. The lowest BCUT2D eigenvalue weighted by Crippen LogP contribution is -2.20. The lowest BCUT2D eigenvalue weighted by Gasteiger charge is -2.13. The molecule has 1 saturated heterocycles. The summed E-state index contributed by atoms with van der Waals surface area (Å²) in [5.74, 6) is 0.349. The molecule has 1 aliphatic rings. The van der Waals surface area contributed by atoms with Crippen molar-refractivity contribution in [1.82, 2.24) is 0 Å². The average Bonchev–Trinajstić information content (AvgIpc) is 3.07. The standard InChI is InChI=1S/C15H18N2O4S3/c1-11-2-7-15(22-11)24(20,21)17-13-5-3-12(4-6-13)16-14-8-9-23(18,19)10-14/h2-7,14,16-17H,8-10H2,1H3. The third-order valence-corrected chi connectivity index (χ3v) is 8.36. The van der Waals surface area contributed by atoms with Crippen LogP contribution in [-0.2, 0) is 19.9 Å². The number of nitrogens with one attached hydrogen (secondary N) is 2. The van der Waals surface area contributed by atoms with Gasteiger partial charge in [0.05, 0.1) is 11.5 Å². The van der Waals surface area contributed by atoms with Crippen molar-refractivity contribution < 1.29 is 16.8 Å². The number of aryl methyl sites for hydroxylation is 1. The fraction of sp³-hybridized carbons (Fsp3) is 0.333. The number of anilines is 2. The minimum absolute atomic E-state index is 0.0911. The fourth-order valence-corrected chi connectivity index (χ4v) is 6.56. The van der Waals surface area contributed by atoms with Crippen LogP contribution in [0.3, 0.4) is 0 Å². The molecule has 0 amide bonds. The second-order valence-electron chi connectivity index (χ2n) is 5.79. The summed E-state index contributed by atoms with van der Waals surface area (Å²) in [7, 11) is -6.50. The van der Waals surface area contributed by atoms with E-state index in [1.54, 1.807) is 36.4 Å². The zero-order valence-electron chi connectivity index (χ0n) is 13.0. The van der Waals surface area contributed by atoms with Crippen LogP contribution in [0.25, 0.3) is 0 Å². The normalized spacial score (nSPS) is 20.0. The van der Waals surface area contributed by atoms with Crippen LogP contribution in [0.1, 0.15) is 11.3 Å². The summed E-state index contributed by atoms with van der Waals surface area (Å²) in [6.45, 7) is 1.85. The molecule has 3 rings (SSSR count). The molecule has 0 radical (unpaired) electrons. The van der Waals surface area contributed by atoms with Crippen molar-refractivity contribution in [2.75, 3.05) is 21.5 Å². The highest BCUT2D eigenvalue weighted by Crippen LogP contribution is 2.24. The number of rotatable bonds is 5. The van der Waals surface area contributed by atoms with Crippen LogP contribution in [0, 0.1) is 6.92 Å². The van der Waals surface area contributed by atoms with Gasteiger partial charge in [-0.3, -0.25) is 4.72 Å². The highest BCUT2D eigenvalue weighted by molar-refractivity contribution is 7.94. The Kier molecular flexibility index (Phi) is 4.58. The molecule has 1 aromatic heterocycles. The van der Waals surface area contributed by atoms with Crippen LogP contribution in [0.2, 0.25) is 0 Å². The van der Waals surface area contributed by atoms with Crippen molar-refractivity contribution in [2.45, 2.75) is 23.6 Å². The molecule has 0 spiro atoms. The van der Waals surface area contributed by atoms with E-state index in [0.29, 0.717) is 12.1 Å². The van der Waals surface area contributed by atoms with E-state index in [4.69, 9.17) is 0 Å². The molecule has 1 atom stereocenters. The van der Waals surface area contributed by atoms with Crippen molar-refractivity contribution >= 4 is 42.6 Å². The molecule has 2 N–H and O–H groups in total. The summed E-state index contributed by atoms with van der Waals surface area (Å²) in [4.78, 5) is 0.932. The summed E-state index contributed by atoms with van der Waals surface area (Å²) in [6, 6.07) is 10.0. The van der Waals surface area contributed by atoms with Crippen LogP contribution >= 0.6 is 11.3 Å². The number of hydrogen-bond acceptors (Lipinski definition) is 6. The molecular weight excluding hydrogens is 368 g/mol. The van der Waals surface area contributed by atoms with Gasteiger partial charge in [-0.25, -0.2) is 16.8 Å². The maximum absolute atomic E-state index is 12.3. The Bertz CT molecular complexity index is 931. The van der Waals surface area contributed by atoms with Gasteiger partial charge in [-0.15, -0.1) is 11.3 Å². The molecule has 0 bridgehead atoms. The number of thiophene rings is 1. The van der Waals surface area contributed by atoms with Crippen molar-refractivity contribution in [3.05, 3.63) is 41.3 Å². The summed E-state index contributed by atoms with van der Waals surface area (Å²) >= 11 is 1.22. The first-order valence-electron chi connectivity index (χ1n) is 7.40. The number of sulfone groups is 1. The highest BCUT2D eigenvalue weighted by Gasteiger charge is 2.27.